The number of rotatable bonds is 18. The highest BCUT2D eigenvalue weighted by atomic mass is 32.2. The van der Waals surface area contributed by atoms with Crippen molar-refractivity contribution >= 4 is 68.5 Å². The number of nitrogens with zero attached hydrogens (tertiary/aromatic N) is 1. The van der Waals surface area contributed by atoms with Gasteiger partial charge in [-0.2, -0.15) is 5.10 Å². The number of thiophene rings is 1. The average molecular weight is 759 g/mol. The van der Waals surface area contributed by atoms with Crippen LogP contribution in [0.4, 0.5) is 16.2 Å². The number of thioether (sulfide) groups is 1. The summed E-state index contributed by atoms with van der Waals surface area (Å²) in [7, 11) is -2.55. The zero-order valence-corrected chi connectivity index (χ0v) is 32.7. The van der Waals surface area contributed by atoms with E-state index >= 15 is 0 Å². The van der Waals surface area contributed by atoms with Crippen LogP contribution in [-0.4, -0.2) is 51.6 Å². The monoisotopic (exact) mass is 758 g/mol. The molecule has 3 aromatic rings. The number of nitrogens with one attached hydrogen (secondary N) is 2. The molecule has 0 fully saturated rings. The molecule has 2 amide bonds. The van der Waals surface area contributed by atoms with Crippen molar-refractivity contribution in [1.29, 1.82) is 0 Å². The highest BCUT2D eigenvalue weighted by Gasteiger charge is 2.25. The van der Waals surface area contributed by atoms with Gasteiger partial charge < -0.3 is 20.5 Å². The number of hydrogen-bond donors (Lipinski definition) is 3. The van der Waals surface area contributed by atoms with Crippen molar-refractivity contribution in [3.05, 3.63) is 52.9 Å². The Labute approximate surface area is 310 Å². The number of sulfone groups is 1. The summed E-state index contributed by atoms with van der Waals surface area (Å²) in [4.78, 5) is 37.0. The van der Waals surface area contributed by atoms with Crippen LogP contribution in [0.3, 0.4) is 0 Å². The summed E-state index contributed by atoms with van der Waals surface area (Å²) in [6.07, 6.45) is 11.1. The fourth-order valence-corrected chi connectivity index (χ4v) is 9.33. The van der Waals surface area contributed by atoms with Crippen molar-refractivity contribution in [2.45, 2.75) is 112 Å². The molecule has 0 unspecified atom stereocenters. The van der Waals surface area contributed by atoms with Crippen LogP contribution < -0.4 is 16.5 Å². The Morgan fingerprint density at radius 3 is 2.24 bits per heavy atom. The zero-order valence-electron chi connectivity index (χ0n) is 30.3. The van der Waals surface area contributed by atoms with Gasteiger partial charge in [-0.1, -0.05) is 50.7 Å². The summed E-state index contributed by atoms with van der Waals surface area (Å²) in [6.45, 7) is 7.10. The van der Waals surface area contributed by atoms with Gasteiger partial charge in [-0.15, -0.1) is 23.1 Å². The Balaban J connectivity index is 1.69. The fourth-order valence-electron chi connectivity index (χ4n) is 5.39. The summed E-state index contributed by atoms with van der Waals surface area (Å²) < 4.78 is 38.4. The Bertz CT molecular complexity index is 1800. The number of nitrogen functional groups attached to an aromatic ring is 1. The van der Waals surface area contributed by atoms with Gasteiger partial charge in [0.15, 0.2) is 0 Å². The first-order valence-electron chi connectivity index (χ1n) is 17.0. The van der Waals surface area contributed by atoms with E-state index in [9.17, 15) is 22.8 Å². The maximum absolute atomic E-state index is 14.0. The van der Waals surface area contributed by atoms with Crippen LogP contribution in [0.5, 0.6) is 0 Å². The quantitative estimate of drug-likeness (QED) is 0.0287. The van der Waals surface area contributed by atoms with Gasteiger partial charge in [0.05, 0.1) is 33.0 Å². The standard InChI is InChI=1S/C37H50N4O7S3/c1-25-20-27(38)22-30(40-32(42)18-13-11-9-7-8-10-12-14-19-33(43)47-5)34(25)26-16-15-17-29(21-26)51(45,46)31-23-28(50-35(31)49-6)24-39-41-36(44)48-37(2,3)4/h15-17,20-24H,7-14,18-19,38H2,1-6H3,(H,40,42)(H,41,44). The molecule has 14 heteroatoms. The Kier molecular flexibility index (Phi) is 16.0. The van der Waals surface area contributed by atoms with Gasteiger partial charge in [0.2, 0.25) is 15.7 Å². The minimum atomic E-state index is -3.96. The summed E-state index contributed by atoms with van der Waals surface area (Å²) in [5.41, 5.74) is 10.9. The van der Waals surface area contributed by atoms with Crippen LogP contribution in [0.15, 0.2) is 61.6 Å². The van der Waals surface area contributed by atoms with Crippen LogP contribution in [0.25, 0.3) is 11.1 Å². The minimum absolute atomic E-state index is 0.0976. The van der Waals surface area contributed by atoms with E-state index in [1.165, 1.54) is 42.5 Å². The SMILES string of the molecule is COC(=O)CCCCCCCCCCC(=O)Nc1cc(N)cc(C)c1-c1cccc(S(=O)(=O)c2cc(C=NNC(=O)OC(C)(C)C)sc2SC)c1. The Morgan fingerprint density at radius 1 is 0.961 bits per heavy atom. The maximum Gasteiger partial charge on any atom is 0.428 e. The lowest BCUT2D eigenvalue weighted by Crippen LogP contribution is -2.29. The fraction of sp³-hybridized carbons (Fsp3) is 0.459. The van der Waals surface area contributed by atoms with Crippen LogP contribution >= 0.6 is 23.1 Å². The highest BCUT2D eigenvalue weighted by molar-refractivity contribution is 8.01. The highest BCUT2D eigenvalue weighted by Crippen LogP contribution is 2.39. The molecule has 4 N–H and O–H groups in total. The molecule has 0 saturated carbocycles. The molecule has 0 spiro atoms. The number of aryl methyl sites for hydroxylation is 1. The lowest BCUT2D eigenvalue weighted by Gasteiger charge is -2.18. The second kappa shape index (κ2) is 19.7. The van der Waals surface area contributed by atoms with Crippen molar-refractivity contribution in [3.8, 4) is 11.1 Å². The van der Waals surface area contributed by atoms with Gasteiger partial charge in [-0.3, -0.25) is 9.59 Å². The molecule has 0 bridgehead atoms. The van der Waals surface area contributed by atoms with Crippen LogP contribution in [0.1, 0.15) is 95.4 Å². The van der Waals surface area contributed by atoms with Gasteiger partial charge in [0, 0.05) is 29.0 Å². The number of methoxy groups -OCH3 is 1. The normalized spacial score (nSPS) is 11.8. The number of hydrogen-bond acceptors (Lipinski definition) is 11. The first-order valence-corrected chi connectivity index (χ1v) is 20.5. The van der Waals surface area contributed by atoms with E-state index < -0.39 is 21.5 Å². The molecule has 51 heavy (non-hydrogen) atoms. The number of amides is 2. The smallest absolute Gasteiger partial charge is 0.428 e. The summed E-state index contributed by atoms with van der Waals surface area (Å²) >= 11 is 2.55. The Morgan fingerprint density at radius 2 is 1.61 bits per heavy atom. The van der Waals surface area contributed by atoms with Gasteiger partial charge in [0.1, 0.15) is 5.60 Å². The van der Waals surface area contributed by atoms with Gasteiger partial charge in [0.25, 0.3) is 0 Å². The number of carbonyl (C=O) groups is 3. The first-order chi connectivity index (χ1) is 24.1. The van der Waals surface area contributed by atoms with Crippen molar-refractivity contribution in [2.75, 3.05) is 24.4 Å². The minimum Gasteiger partial charge on any atom is -0.469 e. The van der Waals surface area contributed by atoms with Crippen LogP contribution in [0.2, 0.25) is 0 Å². The maximum atomic E-state index is 14.0. The molecule has 2 aromatic carbocycles. The molecule has 0 aliphatic rings. The molecule has 0 radical (unpaired) electrons. The van der Waals surface area contributed by atoms with Crippen LogP contribution in [-0.2, 0) is 28.9 Å². The van der Waals surface area contributed by atoms with Crippen LogP contribution in [0, 0.1) is 6.92 Å². The third-order valence-corrected chi connectivity index (χ3v) is 12.0. The largest absolute Gasteiger partial charge is 0.469 e. The zero-order chi connectivity index (χ0) is 37.6. The third kappa shape index (κ3) is 13.3. The van der Waals surface area contributed by atoms with E-state index in [-0.39, 0.29) is 21.7 Å². The molecule has 1 aromatic heterocycles. The topological polar surface area (TPSA) is 166 Å². The summed E-state index contributed by atoms with van der Waals surface area (Å²) in [5.74, 6) is -0.296. The van der Waals surface area contributed by atoms with Crippen molar-refractivity contribution in [2.24, 2.45) is 5.10 Å². The number of nitrogens with two attached hydrogens (primary N) is 1. The number of anilines is 2. The second-order valence-corrected chi connectivity index (χ2v) is 17.2. The summed E-state index contributed by atoms with van der Waals surface area (Å²) in [6, 6.07) is 11.7. The third-order valence-electron chi connectivity index (χ3n) is 7.73. The molecule has 1 heterocycles. The molecule has 11 nitrogen and oxygen atoms in total. The number of ether oxygens (including phenoxy) is 2. The van der Waals surface area contributed by atoms with Gasteiger partial charge in [-0.05, 0) is 88.3 Å². The Hall–Kier alpha value is -3.88. The van der Waals surface area contributed by atoms with Crippen molar-refractivity contribution in [3.63, 3.8) is 0 Å². The van der Waals surface area contributed by atoms with E-state index in [0.29, 0.717) is 44.4 Å². The van der Waals surface area contributed by atoms with Crippen molar-refractivity contribution < 1.29 is 32.3 Å². The predicted molar refractivity (Wildman–Crippen MR) is 206 cm³/mol. The van der Waals surface area contributed by atoms with E-state index in [1.54, 1.807) is 57.4 Å². The number of benzene rings is 2. The lowest BCUT2D eigenvalue weighted by molar-refractivity contribution is -0.140. The summed E-state index contributed by atoms with van der Waals surface area (Å²) in [5, 5.41) is 6.94. The van der Waals surface area contributed by atoms with E-state index in [0.717, 1.165) is 56.9 Å². The molecule has 0 atom stereocenters. The molecule has 0 saturated heterocycles. The molecule has 0 aliphatic heterocycles. The number of unbranched alkanes of at least 4 members (excludes halogenated alkanes) is 7. The van der Waals surface area contributed by atoms with Crippen molar-refractivity contribution in [1.82, 2.24) is 5.43 Å². The van der Waals surface area contributed by atoms with Gasteiger partial charge in [-0.25, -0.2) is 18.6 Å². The van der Waals surface area contributed by atoms with E-state index in [2.05, 4.69) is 20.6 Å². The molecular formula is C37H50N4O7S3. The lowest BCUT2D eigenvalue weighted by atomic mass is 9.97. The number of carbonyl (C=O) groups excluding carboxylic acids is 3. The number of hydrazone groups is 1. The first kappa shape index (κ1) is 41.5. The average Bonchev–Trinajstić information content (AvgIpc) is 3.48. The second-order valence-electron chi connectivity index (χ2n) is 13.1. The van der Waals surface area contributed by atoms with E-state index in [1.807, 2.05) is 13.0 Å². The molecular weight excluding hydrogens is 709 g/mol. The number of esters is 1. The van der Waals surface area contributed by atoms with E-state index in [4.69, 9.17) is 10.5 Å². The molecule has 278 valence electrons. The molecule has 3 rings (SSSR count). The molecule has 0 aliphatic carbocycles. The predicted octanol–water partition coefficient (Wildman–Crippen LogP) is 8.73. The van der Waals surface area contributed by atoms with Gasteiger partial charge >= 0.3 is 12.1 Å².